The summed E-state index contributed by atoms with van der Waals surface area (Å²) in [7, 11) is -3.06. The van der Waals surface area contributed by atoms with Crippen molar-refractivity contribution in [3.8, 4) is 0 Å². The summed E-state index contributed by atoms with van der Waals surface area (Å²) in [5.41, 5.74) is 0.924. The van der Waals surface area contributed by atoms with Crippen LogP contribution in [0.4, 0.5) is 0 Å². The van der Waals surface area contributed by atoms with E-state index in [2.05, 4.69) is 5.32 Å². The lowest BCUT2D eigenvalue weighted by Crippen LogP contribution is -2.38. The van der Waals surface area contributed by atoms with Gasteiger partial charge in [0.1, 0.15) is 0 Å². The zero-order valence-corrected chi connectivity index (χ0v) is 16.3. The molecule has 0 unspecified atom stereocenters. The van der Waals surface area contributed by atoms with E-state index in [1.54, 1.807) is 12.1 Å². The maximum absolute atomic E-state index is 11.7. The molecule has 1 aliphatic heterocycles. The third-order valence-electron chi connectivity index (χ3n) is 3.43. The van der Waals surface area contributed by atoms with Crippen molar-refractivity contribution in [1.29, 1.82) is 0 Å². The van der Waals surface area contributed by atoms with Crippen LogP contribution in [0.3, 0.4) is 0 Å². The molecule has 138 valence electrons. The second-order valence-corrected chi connectivity index (χ2v) is 9.60. The van der Waals surface area contributed by atoms with Gasteiger partial charge in [-0.05, 0) is 24.1 Å². The van der Waals surface area contributed by atoms with Crippen molar-refractivity contribution in [3.05, 3.63) is 33.8 Å². The fourth-order valence-electron chi connectivity index (χ4n) is 2.25. The monoisotopic (exact) mass is 425 g/mol. The fraction of sp³-hybridized carbons (Fsp3) is 0.467. The number of sulfone groups is 1. The van der Waals surface area contributed by atoms with Crippen LogP contribution in [-0.4, -0.2) is 50.2 Å². The summed E-state index contributed by atoms with van der Waals surface area (Å²) in [6, 6.07) is 4.83. The Kier molecular flexibility index (Phi) is 7.42. The van der Waals surface area contributed by atoms with Gasteiger partial charge in [0.05, 0.1) is 27.3 Å². The van der Waals surface area contributed by atoms with Crippen molar-refractivity contribution < 1.29 is 22.7 Å². The molecule has 0 aromatic heterocycles. The first kappa shape index (κ1) is 20.4. The standard InChI is InChI=1S/C15H17Cl2NO5S2/c16-12-2-1-10(5-13(12)17)7-24-8-15(20)23-6-14(19)18-11-3-4-25(21,22)9-11/h1-2,5,11H,3-4,6-9H2,(H,18,19)/t11-/m0/s1. The molecule has 1 heterocycles. The number of esters is 1. The molecule has 1 aliphatic rings. The van der Waals surface area contributed by atoms with Crippen LogP contribution in [0.5, 0.6) is 0 Å². The minimum atomic E-state index is -3.06. The molecule has 1 amide bonds. The van der Waals surface area contributed by atoms with E-state index >= 15 is 0 Å². The lowest BCUT2D eigenvalue weighted by molar-refractivity contribution is -0.146. The average molecular weight is 426 g/mol. The number of rotatable bonds is 7. The van der Waals surface area contributed by atoms with Crippen LogP contribution in [0.1, 0.15) is 12.0 Å². The van der Waals surface area contributed by atoms with E-state index < -0.39 is 34.4 Å². The minimum Gasteiger partial charge on any atom is -0.455 e. The van der Waals surface area contributed by atoms with Crippen LogP contribution in [0.15, 0.2) is 18.2 Å². The predicted molar refractivity (Wildman–Crippen MR) is 98.8 cm³/mol. The highest BCUT2D eigenvalue weighted by atomic mass is 35.5. The van der Waals surface area contributed by atoms with Crippen LogP contribution in [-0.2, 0) is 29.9 Å². The summed E-state index contributed by atoms with van der Waals surface area (Å²) in [5, 5.41) is 3.47. The lowest BCUT2D eigenvalue weighted by atomic mass is 10.2. The highest BCUT2D eigenvalue weighted by Gasteiger charge is 2.28. The molecular weight excluding hydrogens is 409 g/mol. The Balaban J connectivity index is 1.63. The third-order valence-corrected chi connectivity index (χ3v) is 6.92. The number of thioether (sulfide) groups is 1. The highest BCUT2D eigenvalue weighted by Crippen LogP contribution is 2.24. The SMILES string of the molecule is O=C(COC(=O)CSCc1ccc(Cl)c(Cl)c1)N[C@H]1CCS(=O)(=O)C1. The number of nitrogens with one attached hydrogen (secondary N) is 1. The van der Waals surface area contributed by atoms with Gasteiger partial charge in [-0.1, -0.05) is 29.3 Å². The topological polar surface area (TPSA) is 89.5 Å². The zero-order valence-electron chi connectivity index (χ0n) is 13.2. The van der Waals surface area contributed by atoms with Crippen LogP contribution in [0.25, 0.3) is 0 Å². The molecule has 0 radical (unpaired) electrons. The molecule has 1 aromatic carbocycles. The molecule has 1 saturated heterocycles. The molecular formula is C15H17Cl2NO5S2. The number of carbonyl (C=O) groups is 2. The van der Waals surface area contributed by atoms with Crippen molar-refractivity contribution >= 4 is 56.7 Å². The van der Waals surface area contributed by atoms with Gasteiger partial charge in [-0.3, -0.25) is 9.59 Å². The highest BCUT2D eigenvalue weighted by molar-refractivity contribution is 7.99. The van der Waals surface area contributed by atoms with Crippen LogP contribution in [0, 0.1) is 0 Å². The maximum atomic E-state index is 11.7. The van der Waals surface area contributed by atoms with Crippen molar-refractivity contribution in [3.63, 3.8) is 0 Å². The van der Waals surface area contributed by atoms with E-state index in [9.17, 15) is 18.0 Å². The summed E-state index contributed by atoms with van der Waals surface area (Å²) in [5.74, 6) is -0.358. The Hall–Kier alpha value is -0.960. The fourth-order valence-corrected chi connectivity index (χ4v) is 5.01. The van der Waals surface area contributed by atoms with Gasteiger partial charge < -0.3 is 10.1 Å². The first-order valence-electron chi connectivity index (χ1n) is 7.42. The molecule has 10 heteroatoms. The summed E-state index contributed by atoms with van der Waals surface area (Å²) < 4.78 is 27.5. The van der Waals surface area contributed by atoms with E-state index in [1.165, 1.54) is 11.8 Å². The van der Waals surface area contributed by atoms with E-state index in [1.807, 2.05) is 6.07 Å². The van der Waals surface area contributed by atoms with Gasteiger partial charge in [0, 0.05) is 11.8 Å². The Bertz CT molecular complexity index is 754. The number of hydrogen-bond donors (Lipinski definition) is 1. The number of amides is 1. The van der Waals surface area contributed by atoms with Crippen LogP contribution in [0.2, 0.25) is 10.0 Å². The van der Waals surface area contributed by atoms with Gasteiger partial charge in [-0.15, -0.1) is 11.8 Å². The first-order chi connectivity index (χ1) is 11.7. The largest absolute Gasteiger partial charge is 0.455 e. The normalized spacial score (nSPS) is 18.7. The van der Waals surface area contributed by atoms with E-state index in [0.29, 0.717) is 22.2 Å². The quantitative estimate of drug-likeness (QED) is 0.672. The van der Waals surface area contributed by atoms with Gasteiger partial charge in [-0.25, -0.2) is 8.42 Å². The molecule has 2 rings (SSSR count). The molecule has 1 N–H and O–H groups in total. The van der Waals surface area contributed by atoms with E-state index in [4.69, 9.17) is 27.9 Å². The Morgan fingerprint density at radius 3 is 2.68 bits per heavy atom. The Morgan fingerprint density at radius 2 is 2.04 bits per heavy atom. The van der Waals surface area contributed by atoms with Gasteiger partial charge >= 0.3 is 5.97 Å². The molecule has 0 bridgehead atoms. The van der Waals surface area contributed by atoms with E-state index in [-0.39, 0.29) is 17.3 Å². The summed E-state index contributed by atoms with van der Waals surface area (Å²) in [6.45, 7) is -0.414. The second-order valence-electron chi connectivity index (χ2n) is 5.57. The number of carbonyl (C=O) groups excluding carboxylic acids is 2. The molecule has 25 heavy (non-hydrogen) atoms. The molecule has 0 aliphatic carbocycles. The molecule has 1 fully saturated rings. The number of halogens is 2. The Labute approximate surface area is 160 Å². The molecule has 0 spiro atoms. The van der Waals surface area contributed by atoms with Gasteiger partial charge in [0.2, 0.25) is 0 Å². The molecule has 0 saturated carbocycles. The molecule has 1 aromatic rings. The van der Waals surface area contributed by atoms with Crippen molar-refractivity contribution in [1.82, 2.24) is 5.32 Å². The van der Waals surface area contributed by atoms with Gasteiger partial charge in [0.15, 0.2) is 16.4 Å². The molecule has 6 nitrogen and oxygen atoms in total. The van der Waals surface area contributed by atoms with Crippen molar-refractivity contribution in [2.24, 2.45) is 0 Å². The zero-order chi connectivity index (χ0) is 18.4. The van der Waals surface area contributed by atoms with Crippen molar-refractivity contribution in [2.75, 3.05) is 23.9 Å². The summed E-state index contributed by atoms with van der Waals surface area (Å²) in [6.07, 6.45) is 0.390. The first-order valence-corrected chi connectivity index (χ1v) is 11.2. The smallest absolute Gasteiger partial charge is 0.316 e. The maximum Gasteiger partial charge on any atom is 0.316 e. The number of ether oxygens (including phenoxy) is 1. The van der Waals surface area contributed by atoms with Crippen molar-refractivity contribution in [2.45, 2.75) is 18.2 Å². The summed E-state index contributed by atoms with van der Waals surface area (Å²) in [4.78, 5) is 23.3. The predicted octanol–water partition coefficient (Wildman–Crippen LogP) is 2.07. The third kappa shape index (κ3) is 7.05. The summed E-state index contributed by atoms with van der Waals surface area (Å²) >= 11 is 13.1. The number of benzene rings is 1. The number of hydrogen-bond acceptors (Lipinski definition) is 6. The van der Waals surface area contributed by atoms with Crippen LogP contribution < -0.4 is 5.32 Å². The average Bonchev–Trinajstić information content (AvgIpc) is 2.87. The van der Waals surface area contributed by atoms with Crippen LogP contribution >= 0.6 is 35.0 Å². The lowest BCUT2D eigenvalue weighted by Gasteiger charge is -2.11. The molecule has 1 atom stereocenters. The van der Waals surface area contributed by atoms with E-state index in [0.717, 1.165) is 5.56 Å². The van der Waals surface area contributed by atoms with Gasteiger partial charge in [-0.2, -0.15) is 0 Å². The second kappa shape index (κ2) is 9.12. The van der Waals surface area contributed by atoms with Gasteiger partial charge in [0.25, 0.3) is 5.91 Å². The minimum absolute atomic E-state index is 0.0633. The Morgan fingerprint density at radius 1 is 1.28 bits per heavy atom.